The van der Waals surface area contributed by atoms with Gasteiger partial charge in [0.1, 0.15) is 0 Å². The van der Waals surface area contributed by atoms with Gasteiger partial charge in [-0.3, -0.25) is 4.79 Å². The predicted octanol–water partition coefficient (Wildman–Crippen LogP) is 2.28. The fraction of sp³-hybridized carbons (Fsp3) is 0.267. The summed E-state index contributed by atoms with van der Waals surface area (Å²) < 4.78 is 0. The number of carbonyl (C=O) groups is 1. The summed E-state index contributed by atoms with van der Waals surface area (Å²) in [5.41, 5.74) is 1.47. The van der Waals surface area contributed by atoms with Crippen LogP contribution in [0.4, 0.5) is 0 Å². The molecular formula is C15H15N3O. The number of aromatic nitrogens is 2. The SMILES string of the molecule is O=C(NCC1CC1)c1cnc(-c2ccccc2)nc1. The van der Waals surface area contributed by atoms with E-state index < -0.39 is 0 Å². The largest absolute Gasteiger partial charge is 0.352 e. The minimum atomic E-state index is -0.0912. The number of carbonyl (C=O) groups excluding carboxylic acids is 1. The van der Waals surface area contributed by atoms with Gasteiger partial charge in [-0.15, -0.1) is 0 Å². The second-order valence-corrected chi connectivity index (χ2v) is 4.81. The molecule has 1 fully saturated rings. The van der Waals surface area contributed by atoms with Crippen LogP contribution in [-0.4, -0.2) is 22.4 Å². The maximum Gasteiger partial charge on any atom is 0.254 e. The lowest BCUT2D eigenvalue weighted by atomic mass is 10.2. The fourth-order valence-corrected chi connectivity index (χ4v) is 1.84. The highest BCUT2D eigenvalue weighted by Gasteiger charge is 2.21. The Labute approximate surface area is 111 Å². The molecule has 1 aliphatic rings. The van der Waals surface area contributed by atoms with Crippen molar-refractivity contribution in [2.24, 2.45) is 5.92 Å². The van der Waals surface area contributed by atoms with E-state index in [-0.39, 0.29) is 5.91 Å². The normalized spacial score (nSPS) is 14.1. The number of nitrogens with zero attached hydrogens (tertiary/aromatic N) is 2. The first-order valence-corrected chi connectivity index (χ1v) is 6.48. The van der Waals surface area contributed by atoms with Crippen molar-refractivity contribution in [2.75, 3.05) is 6.54 Å². The van der Waals surface area contributed by atoms with Crippen molar-refractivity contribution in [1.29, 1.82) is 0 Å². The van der Waals surface area contributed by atoms with Gasteiger partial charge in [-0.05, 0) is 18.8 Å². The molecule has 4 heteroatoms. The molecule has 1 aromatic heterocycles. The van der Waals surface area contributed by atoms with E-state index in [1.807, 2.05) is 30.3 Å². The zero-order chi connectivity index (χ0) is 13.1. The van der Waals surface area contributed by atoms with E-state index in [1.54, 1.807) is 12.4 Å². The number of hydrogen-bond donors (Lipinski definition) is 1. The van der Waals surface area contributed by atoms with Crippen LogP contribution in [0.25, 0.3) is 11.4 Å². The molecule has 0 atom stereocenters. The monoisotopic (exact) mass is 253 g/mol. The molecule has 0 aliphatic heterocycles. The molecule has 0 radical (unpaired) electrons. The molecule has 96 valence electrons. The third-order valence-corrected chi connectivity index (χ3v) is 3.19. The van der Waals surface area contributed by atoms with Crippen molar-refractivity contribution in [3.63, 3.8) is 0 Å². The van der Waals surface area contributed by atoms with Crippen LogP contribution in [0.5, 0.6) is 0 Å². The molecule has 3 rings (SSSR count). The summed E-state index contributed by atoms with van der Waals surface area (Å²) in [6, 6.07) is 9.72. The van der Waals surface area contributed by atoms with Gasteiger partial charge in [0.05, 0.1) is 5.56 Å². The summed E-state index contributed by atoms with van der Waals surface area (Å²) in [6.07, 6.45) is 5.61. The Morgan fingerprint density at radius 1 is 1.16 bits per heavy atom. The van der Waals surface area contributed by atoms with Crippen LogP contribution in [0.15, 0.2) is 42.7 Å². The maximum atomic E-state index is 11.8. The summed E-state index contributed by atoms with van der Waals surface area (Å²) in [4.78, 5) is 20.3. The van der Waals surface area contributed by atoms with Crippen molar-refractivity contribution >= 4 is 5.91 Å². The third kappa shape index (κ3) is 2.96. The Kier molecular flexibility index (Phi) is 3.23. The van der Waals surface area contributed by atoms with Crippen LogP contribution in [0.3, 0.4) is 0 Å². The van der Waals surface area contributed by atoms with Gasteiger partial charge in [0.25, 0.3) is 5.91 Å². The molecule has 0 bridgehead atoms. The van der Waals surface area contributed by atoms with Gasteiger partial charge in [0.15, 0.2) is 5.82 Å². The average Bonchev–Trinajstić information content (AvgIpc) is 3.30. The quantitative estimate of drug-likeness (QED) is 0.909. The molecular weight excluding hydrogens is 238 g/mol. The Hall–Kier alpha value is -2.23. The van der Waals surface area contributed by atoms with Gasteiger partial charge in [-0.1, -0.05) is 30.3 Å². The Morgan fingerprint density at radius 2 is 1.84 bits per heavy atom. The molecule has 0 unspecified atom stereocenters. The number of amides is 1. The smallest absolute Gasteiger partial charge is 0.254 e. The zero-order valence-corrected chi connectivity index (χ0v) is 10.5. The molecule has 1 heterocycles. The standard InChI is InChI=1S/C15H15N3O/c19-15(18-8-11-6-7-11)13-9-16-14(17-10-13)12-4-2-1-3-5-12/h1-5,9-11H,6-8H2,(H,18,19). The first-order chi connectivity index (χ1) is 9.33. The summed E-state index contributed by atoms with van der Waals surface area (Å²) in [5.74, 6) is 1.22. The topological polar surface area (TPSA) is 54.9 Å². The Morgan fingerprint density at radius 3 is 2.47 bits per heavy atom. The van der Waals surface area contributed by atoms with Gasteiger partial charge < -0.3 is 5.32 Å². The van der Waals surface area contributed by atoms with Crippen LogP contribution in [-0.2, 0) is 0 Å². The predicted molar refractivity (Wildman–Crippen MR) is 72.5 cm³/mol. The van der Waals surface area contributed by atoms with E-state index in [1.165, 1.54) is 12.8 Å². The summed E-state index contributed by atoms with van der Waals surface area (Å²) in [5, 5.41) is 2.90. The highest BCUT2D eigenvalue weighted by Crippen LogP contribution is 2.27. The molecule has 0 spiro atoms. The van der Waals surface area contributed by atoms with Crippen LogP contribution in [0.2, 0.25) is 0 Å². The first-order valence-electron chi connectivity index (χ1n) is 6.48. The Bertz CT molecular complexity index is 562. The van der Waals surface area contributed by atoms with Crippen LogP contribution >= 0.6 is 0 Å². The molecule has 1 aliphatic carbocycles. The van der Waals surface area contributed by atoms with Crippen molar-refractivity contribution in [2.45, 2.75) is 12.8 Å². The molecule has 19 heavy (non-hydrogen) atoms. The molecule has 2 aromatic rings. The second kappa shape index (κ2) is 5.18. The van der Waals surface area contributed by atoms with E-state index in [9.17, 15) is 4.79 Å². The van der Waals surface area contributed by atoms with Gasteiger partial charge in [0.2, 0.25) is 0 Å². The lowest BCUT2D eigenvalue weighted by Gasteiger charge is -2.04. The van der Waals surface area contributed by atoms with Crippen molar-refractivity contribution < 1.29 is 4.79 Å². The third-order valence-electron chi connectivity index (χ3n) is 3.19. The Balaban J connectivity index is 1.69. The van der Waals surface area contributed by atoms with Crippen molar-refractivity contribution in [3.8, 4) is 11.4 Å². The van der Waals surface area contributed by atoms with Crippen molar-refractivity contribution in [3.05, 3.63) is 48.3 Å². The molecule has 0 saturated heterocycles. The minimum Gasteiger partial charge on any atom is -0.352 e. The number of rotatable bonds is 4. The van der Waals surface area contributed by atoms with Crippen LogP contribution in [0.1, 0.15) is 23.2 Å². The van der Waals surface area contributed by atoms with Crippen LogP contribution < -0.4 is 5.32 Å². The molecule has 1 saturated carbocycles. The second-order valence-electron chi connectivity index (χ2n) is 4.81. The van der Waals surface area contributed by atoms with E-state index in [4.69, 9.17) is 0 Å². The average molecular weight is 253 g/mol. The highest BCUT2D eigenvalue weighted by atomic mass is 16.1. The minimum absolute atomic E-state index is 0.0912. The van der Waals surface area contributed by atoms with Gasteiger partial charge >= 0.3 is 0 Å². The first kappa shape index (κ1) is 11.8. The maximum absolute atomic E-state index is 11.8. The summed E-state index contributed by atoms with van der Waals surface area (Å²) in [6.45, 7) is 0.763. The van der Waals surface area contributed by atoms with Gasteiger partial charge in [-0.2, -0.15) is 0 Å². The van der Waals surface area contributed by atoms with Crippen LogP contribution in [0, 0.1) is 5.92 Å². The number of hydrogen-bond acceptors (Lipinski definition) is 3. The zero-order valence-electron chi connectivity index (χ0n) is 10.5. The van der Waals surface area contributed by atoms with Gasteiger partial charge in [-0.25, -0.2) is 9.97 Å². The lowest BCUT2D eigenvalue weighted by molar-refractivity contribution is 0.0951. The fourth-order valence-electron chi connectivity index (χ4n) is 1.84. The van der Waals surface area contributed by atoms with Gasteiger partial charge in [0, 0.05) is 24.5 Å². The molecule has 1 N–H and O–H groups in total. The summed E-state index contributed by atoms with van der Waals surface area (Å²) in [7, 11) is 0. The van der Waals surface area contributed by atoms with E-state index in [0.717, 1.165) is 12.1 Å². The molecule has 1 amide bonds. The number of nitrogens with one attached hydrogen (secondary N) is 1. The van der Waals surface area contributed by atoms with E-state index in [2.05, 4.69) is 15.3 Å². The number of benzene rings is 1. The highest BCUT2D eigenvalue weighted by molar-refractivity contribution is 5.93. The summed E-state index contributed by atoms with van der Waals surface area (Å²) >= 11 is 0. The molecule has 4 nitrogen and oxygen atoms in total. The molecule has 1 aromatic carbocycles. The lowest BCUT2D eigenvalue weighted by Crippen LogP contribution is -2.25. The van der Waals surface area contributed by atoms with Crippen molar-refractivity contribution in [1.82, 2.24) is 15.3 Å². The van der Waals surface area contributed by atoms with E-state index in [0.29, 0.717) is 17.3 Å². The van der Waals surface area contributed by atoms with E-state index >= 15 is 0 Å².